The van der Waals surface area contributed by atoms with Gasteiger partial charge in [0, 0.05) is 6.54 Å². The van der Waals surface area contributed by atoms with Crippen LogP contribution in [0.1, 0.15) is 39.0 Å². The molecule has 1 unspecified atom stereocenters. The molecule has 1 rings (SSSR count). The van der Waals surface area contributed by atoms with E-state index in [1.165, 1.54) is 25.3 Å². The second-order valence-corrected chi connectivity index (χ2v) is 4.50. The van der Waals surface area contributed by atoms with Crippen LogP contribution in [0.15, 0.2) is 11.6 Å². The topological polar surface area (TPSA) is 75.6 Å². The van der Waals surface area contributed by atoms with Crippen molar-refractivity contribution in [3.63, 3.8) is 0 Å². The van der Waals surface area contributed by atoms with Crippen molar-refractivity contribution in [1.82, 2.24) is 5.32 Å². The van der Waals surface area contributed by atoms with Crippen molar-refractivity contribution >= 4 is 11.9 Å². The summed E-state index contributed by atoms with van der Waals surface area (Å²) in [5.74, 6) is -1.32. The Bertz CT molecular complexity index is 325. The quantitative estimate of drug-likeness (QED) is 0.676. The minimum Gasteiger partial charge on any atom is -0.479 e. The standard InChI is InChI=1S/C13H21NO4/c1-10(13(16)17)18-9-12(15)14-8-7-11-5-3-2-4-6-11/h5,10H,2-4,6-9H2,1H3,(H,14,15)(H,16,17). The van der Waals surface area contributed by atoms with Gasteiger partial charge in [-0.3, -0.25) is 4.79 Å². The number of allylic oxidation sites excluding steroid dienone is 1. The van der Waals surface area contributed by atoms with E-state index < -0.39 is 12.1 Å². The zero-order chi connectivity index (χ0) is 13.4. The molecule has 1 amide bonds. The largest absolute Gasteiger partial charge is 0.479 e. The van der Waals surface area contributed by atoms with E-state index in [1.807, 2.05) is 0 Å². The van der Waals surface area contributed by atoms with E-state index in [9.17, 15) is 9.59 Å². The van der Waals surface area contributed by atoms with Gasteiger partial charge >= 0.3 is 5.97 Å². The molecular formula is C13H21NO4. The van der Waals surface area contributed by atoms with Crippen LogP contribution >= 0.6 is 0 Å². The number of amides is 1. The van der Waals surface area contributed by atoms with Gasteiger partial charge in [0.1, 0.15) is 6.61 Å². The maximum absolute atomic E-state index is 11.4. The van der Waals surface area contributed by atoms with Crippen molar-refractivity contribution in [2.45, 2.75) is 45.1 Å². The average Bonchev–Trinajstić information content (AvgIpc) is 2.37. The van der Waals surface area contributed by atoms with Crippen LogP contribution in [0.4, 0.5) is 0 Å². The van der Waals surface area contributed by atoms with Crippen LogP contribution in [0.25, 0.3) is 0 Å². The highest BCUT2D eigenvalue weighted by atomic mass is 16.5. The van der Waals surface area contributed by atoms with Gasteiger partial charge in [0.15, 0.2) is 6.10 Å². The lowest BCUT2D eigenvalue weighted by atomic mass is 9.97. The fraction of sp³-hybridized carbons (Fsp3) is 0.692. The van der Waals surface area contributed by atoms with E-state index in [2.05, 4.69) is 11.4 Å². The highest BCUT2D eigenvalue weighted by Crippen LogP contribution is 2.19. The molecule has 0 aromatic carbocycles. The Morgan fingerprint density at radius 2 is 2.28 bits per heavy atom. The SMILES string of the molecule is CC(OCC(=O)NCCC1=CCCCC1)C(=O)O. The van der Waals surface area contributed by atoms with Crippen LogP contribution in [-0.4, -0.2) is 36.2 Å². The van der Waals surface area contributed by atoms with Crippen molar-refractivity contribution in [2.24, 2.45) is 0 Å². The number of ether oxygens (including phenoxy) is 1. The second kappa shape index (κ2) is 7.87. The molecule has 0 spiro atoms. The fourth-order valence-electron chi connectivity index (χ4n) is 1.82. The lowest BCUT2D eigenvalue weighted by molar-refractivity contribution is -0.150. The molecule has 0 aliphatic heterocycles. The lowest BCUT2D eigenvalue weighted by Crippen LogP contribution is -2.32. The number of hydrogen-bond acceptors (Lipinski definition) is 3. The van der Waals surface area contributed by atoms with E-state index in [1.54, 1.807) is 0 Å². The predicted octanol–water partition coefficient (Wildman–Crippen LogP) is 1.48. The zero-order valence-corrected chi connectivity index (χ0v) is 10.8. The molecule has 0 radical (unpaired) electrons. The van der Waals surface area contributed by atoms with E-state index in [-0.39, 0.29) is 12.5 Å². The van der Waals surface area contributed by atoms with Crippen molar-refractivity contribution in [3.05, 3.63) is 11.6 Å². The lowest BCUT2D eigenvalue weighted by Gasteiger charge is -2.13. The van der Waals surface area contributed by atoms with E-state index in [0.29, 0.717) is 6.54 Å². The van der Waals surface area contributed by atoms with Crippen LogP contribution in [0.2, 0.25) is 0 Å². The number of carboxylic acid groups (broad SMARTS) is 1. The highest BCUT2D eigenvalue weighted by molar-refractivity contribution is 5.78. The minimum atomic E-state index is -1.06. The molecular weight excluding hydrogens is 234 g/mol. The molecule has 102 valence electrons. The first kappa shape index (κ1) is 14.7. The molecule has 5 nitrogen and oxygen atoms in total. The Labute approximate surface area is 107 Å². The Morgan fingerprint density at radius 3 is 2.89 bits per heavy atom. The van der Waals surface area contributed by atoms with Gasteiger partial charge in [-0.05, 0) is 39.0 Å². The first-order valence-electron chi connectivity index (χ1n) is 6.38. The summed E-state index contributed by atoms with van der Waals surface area (Å²) >= 11 is 0. The van der Waals surface area contributed by atoms with Gasteiger partial charge in [-0.25, -0.2) is 4.79 Å². The van der Waals surface area contributed by atoms with Gasteiger partial charge in [0.2, 0.25) is 5.91 Å². The Hall–Kier alpha value is -1.36. The highest BCUT2D eigenvalue weighted by Gasteiger charge is 2.13. The fourth-order valence-corrected chi connectivity index (χ4v) is 1.82. The number of carboxylic acids is 1. The van der Waals surface area contributed by atoms with Crippen LogP contribution in [-0.2, 0) is 14.3 Å². The Kier molecular flexibility index (Phi) is 6.43. The summed E-state index contributed by atoms with van der Waals surface area (Å²) in [6.45, 7) is 1.80. The normalized spacial score (nSPS) is 16.8. The van der Waals surface area contributed by atoms with E-state index in [4.69, 9.17) is 9.84 Å². The van der Waals surface area contributed by atoms with Crippen LogP contribution in [0.3, 0.4) is 0 Å². The molecule has 1 aliphatic rings. The van der Waals surface area contributed by atoms with Crippen molar-refractivity contribution < 1.29 is 19.4 Å². The third-order valence-corrected chi connectivity index (χ3v) is 2.97. The molecule has 2 N–H and O–H groups in total. The van der Waals surface area contributed by atoms with Crippen LogP contribution in [0.5, 0.6) is 0 Å². The summed E-state index contributed by atoms with van der Waals surface area (Å²) in [6, 6.07) is 0. The van der Waals surface area contributed by atoms with Crippen molar-refractivity contribution in [3.8, 4) is 0 Å². The molecule has 0 fully saturated rings. The van der Waals surface area contributed by atoms with Gasteiger partial charge in [0.25, 0.3) is 0 Å². The first-order chi connectivity index (χ1) is 8.59. The van der Waals surface area contributed by atoms with Crippen molar-refractivity contribution in [1.29, 1.82) is 0 Å². The smallest absolute Gasteiger partial charge is 0.332 e. The molecule has 0 saturated heterocycles. The maximum atomic E-state index is 11.4. The summed E-state index contributed by atoms with van der Waals surface area (Å²) in [5, 5.41) is 11.3. The molecule has 18 heavy (non-hydrogen) atoms. The van der Waals surface area contributed by atoms with Gasteiger partial charge < -0.3 is 15.2 Å². The molecule has 0 heterocycles. The number of carbonyl (C=O) groups is 2. The zero-order valence-electron chi connectivity index (χ0n) is 10.8. The average molecular weight is 255 g/mol. The molecule has 0 aromatic rings. The molecule has 1 aliphatic carbocycles. The molecule has 0 aromatic heterocycles. The van der Waals surface area contributed by atoms with Crippen LogP contribution < -0.4 is 5.32 Å². The number of aliphatic carboxylic acids is 1. The monoisotopic (exact) mass is 255 g/mol. The number of hydrogen-bond donors (Lipinski definition) is 2. The molecule has 0 saturated carbocycles. The first-order valence-corrected chi connectivity index (χ1v) is 6.38. The van der Waals surface area contributed by atoms with E-state index in [0.717, 1.165) is 19.3 Å². The summed E-state index contributed by atoms with van der Waals surface area (Å²) in [4.78, 5) is 21.8. The Balaban J connectivity index is 2.09. The summed E-state index contributed by atoms with van der Waals surface area (Å²) in [7, 11) is 0. The van der Waals surface area contributed by atoms with Crippen LogP contribution in [0, 0.1) is 0 Å². The van der Waals surface area contributed by atoms with Gasteiger partial charge in [-0.15, -0.1) is 0 Å². The molecule has 1 atom stereocenters. The van der Waals surface area contributed by atoms with Gasteiger partial charge in [0.05, 0.1) is 0 Å². The van der Waals surface area contributed by atoms with Gasteiger partial charge in [-0.1, -0.05) is 11.6 Å². The summed E-state index contributed by atoms with van der Waals surface area (Å²) < 4.78 is 4.88. The van der Waals surface area contributed by atoms with E-state index >= 15 is 0 Å². The number of rotatable bonds is 7. The van der Waals surface area contributed by atoms with Crippen molar-refractivity contribution in [2.75, 3.05) is 13.2 Å². The summed E-state index contributed by atoms with van der Waals surface area (Å²) in [6.07, 6.45) is 6.94. The third kappa shape index (κ3) is 5.82. The molecule has 0 bridgehead atoms. The predicted molar refractivity (Wildman–Crippen MR) is 67.2 cm³/mol. The molecule has 5 heteroatoms. The summed E-state index contributed by atoms with van der Waals surface area (Å²) in [5.41, 5.74) is 1.40. The second-order valence-electron chi connectivity index (χ2n) is 4.50. The third-order valence-electron chi connectivity index (χ3n) is 2.97. The van der Waals surface area contributed by atoms with Gasteiger partial charge in [-0.2, -0.15) is 0 Å². The number of nitrogens with one attached hydrogen (secondary N) is 1. The minimum absolute atomic E-state index is 0.202. The number of carbonyl (C=O) groups excluding carboxylic acids is 1. The maximum Gasteiger partial charge on any atom is 0.332 e. The Morgan fingerprint density at radius 1 is 1.50 bits per heavy atom.